The second-order valence-electron chi connectivity index (χ2n) is 6.47. The summed E-state index contributed by atoms with van der Waals surface area (Å²) in [7, 11) is 0. The minimum absolute atomic E-state index is 0.192. The van der Waals surface area contributed by atoms with Gasteiger partial charge >= 0.3 is 6.36 Å². The predicted molar refractivity (Wildman–Crippen MR) is 100.0 cm³/mol. The third-order valence-electron chi connectivity index (χ3n) is 4.54. The Labute approximate surface area is 164 Å². The largest absolute Gasteiger partial charge is 0.573 e. The molecule has 1 saturated heterocycles. The highest BCUT2D eigenvalue weighted by Gasteiger charge is 2.31. The summed E-state index contributed by atoms with van der Waals surface area (Å²) < 4.78 is 42.1. The fourth-order valence-electron chi connectivity index (χ4n) is 3.35. The van der Waals surface area contributed by atoms with E-state index in [4.69, 9.17) is 0 Å². The summed E-state index contributed by atoms with van der Waals surface area (Å²) in [5.41, 5.74) is 2.24. The highest BCUT2D eigenvalue weighted by Crippen LogP contribution is 2.38. The number of hydrogen-bond donors (Lipinski definition) is 2. The molecule has 27 heavy (non-hydrogen) atoms. The zero-order chi connectivity index (χ0) is 19.6. The van der Waals surface area contributed by atoms with Crippen molar-refractivity contribution in [1.82, 2.24) is 10.2 Å². The van der Waals surface area contributed by atoms with Crippen LogP contribution in [0, 0.1) is 6.92 Å². The van der Waals surface area contributed by atoms with Crippen molar-refractivity contribution < 1.29 is 23.0 Å². The van der Waals surface area contributed by atoms with E-state index in [-0.39, 0.29) is 17.5 Å². The Morgan fingerprint density at radius 2 is 1.78 bits per heavy atom. The van der Waals surface area contributed by atoms with E-state index in [0.29, 0.717) is 5.56 Å². The molecule has 0 spiro atoms. The van der Waals surface area contributed by atoms with Crippen LogP contribution in [0.4, 0.5) is 13.2 Å². The fraction of sp³-hybridized carbons (Fsp3) is 0.368. The van der Waals surface area contributed by atoms with Crippen molar-refractivity contribution >= 4 is 15.9 Å². The molecule has 2 aromatic rings. The molecule has 1 atom stereocenters. The Bertz CT molecular complexity index is 791. The van der Waals surface area contributed by atoms with E-state index in [0.717, 1.165) is 41.8 Å². The van der Waals surface area contributed by atoms with Crippen molar-refractivity contribution in [3.05, 3.63) is 57.6 Å². The van der Waals surface area contributed by atoms with Gasteiger partial charge in [-0.2, -0.15) is 0 Å². The van der Waals surface area contributed by atoms with Crippen molar-refractivity contribution in [2.45, 2.75) is 19.3 Å². The van der Waals surface area contributed by atoms with E-state index in [1.165, 1.54) is 12.1 Å². The number of ether oxygens (including phenoxy) is 1. The first-order chi connectivity index (χ1) is 12.7. The first-order valence-corrected chi connectivity index (χ1v) is 9.33. The van der Waals surface area contributed by atoms with Crippen LogP contribution in [0.15, 0.2) is 40.9 Å². The van der Waals surface area contributed by atoms with Crippen molar-refractivity contribution in [1.29, 1.82) is 0 Å². The van der Waals surface area contributed by atoms with Crippen molar-refractivity contribution in [3.63, 3.8) is 0 Å². The van der Waals surface area contributed by atoms with Crippen molar-refractivity contribution in [3.8, 4) is 11.5 Å². The minimum atomic E-state index is -4.72. The van der Waals surface area contributed by atoms with Gasteiger partial charge in [0.2, 0.25) is 0 Å². The number of aromatic hydroxyl groups is 1. The van der Waals surface area contributed by atoms with Gasteiger partial charge in [-0.25, -0.2) is 0 Å². The number of phenolic OH excluding ortho intramolecular Hbond substituents is 1. The summed E-state index contributed by atoms with van der Waals surface area (Å²) in [5.74, 6) is -0.0719. The number of alkyl halides is 3. The van der Waals surface area contributed by atoms with Gasteiger partial charge in [0.1, 0.15) is 11.5 Å². The summed E-state index contributed by atoms with van der Waals surface area (Å²) in [6, 6.07) is 9.25. The van der Waals surface area contributed by atoms with E-state index in [1.807, 2.05) is 19.1 Å². The van der Waals surface area contributed by atoms with Crippen LogP contribution in [-0.2, 0) is 0 Å². The molecule has 8 heteroatoms. The third-order valence-corrected chi connectivity index (χ3v) is 4.99. The van der Waals surface area contributed by atoms with Gasteiger partial charge in [-0.3, -0.25) is 4.90 Å². The maximum absolute atomic E-state index is 12.4. The van der Waals surface area contributed by atoms with Crippen LogP contribution in [-0.4, -0.2) is 42.5 Å². The molecule has 0 saturated carbocycles. The fourth-order valence-corrected chi connectivity index (χ4v) is 3.94. The molecule has 1 fully saturated rings. The standard InChI is InChI=1S/C19H20BrF3N2O2/c1-12-10-14(20)11-16(18(12)26)17(25-8-6-24-7-9-25)13-2-4-15(5-3-13)27-19(21,22)23/h2-5,10-11,17,24,26H,6-9H2,1H3/t17-/m1/s1. The van der Waals surface area contributed by atoms with Crippen molar-refractivity contribution in [2.75, 3.05) is 26.2 Å². The molecular weight excluding hydrogens is 425 g/mol. The average Bonchev–Trinajstić information content (AvgIpc) is 2.60. The number of aryl methyl sites for hydroxylation is 1. The number of nitrogens with one attached hydrogen (secondary N) is 1. The van der Waals surface area contributed by atoms with Crippen LogP contribution in [0.1, 0.15) is 22.7 Å². The highest BCUT2D eigenvalue weighted by molar-refractivity contribution is 9.10. The lowest BCUT2D eigenvalue weighted by atomic mass is 9.94. The molecule has 4 nitrogen and oxygen atoms in total. The monoisotopic (exact) mass is 444 g/mol. The second kappa shape index (κ2) is 8.08. The van der Waals surface area contributed by atoms with Gasteiger partial charge in [0.15, 0.2) is 0 Å². The lowest BCUT2D eigenvalue weighted by molar-refractivity contribution is -0.274. The lowest BCUT2D eigenvalue weighted by Crippen LogP contribution is -2.45. The Hall–Kier alpha value is -1.77. The second-order valence-corrected chi connectivity index (χ2v) is 7.38. The van der Waals surface area contributed by atoms with Gasteiger partial charge in [0.25, 0.3) is 0 Å². The van der Waals surface area contributed by atoms with Gasteiger partial charge in [0.05, 0.1) is 6.04 Å². The summed E-state index contributed by atoms with van der Waals surface area (Å²) in [4.78, 5) is 2.21. The Balaban J connectivity index is 2.00. The Morgan fingerprint density at radius 3 is 2.37 bits per heavy atom. The summed E-state index contributed by atoms with van der Waals surface area (Å²) in [5, 5.41) is 13.9. The zero-order valence-electron chi connectivity index (χ0n) is 14.7. The van der Waals surface area contributed by atoms with Crippen LogP contribution in [0.5, 0.6) is 11.5 Å². The predicted octanol–water partition coefficient (Wildman–Crippen LogP) is 4.36. The molecule has 0 aliphatic carbocycles. The molecule has 1 heterocycles. The summed E-state index contributed by atoms with van der Waals surface area (Å²) >= 11 is 3.47. The van der Waals surface area contributed by atoms with Crippen LogP contribution < -0.4 is 10.1 Å². The first-order valence-electron chi connectivity index (χ1n) is 8.54. The molecule has 0 amide bonds. The molecule has 2 N–H and O–H groups in total. The van der Waals surface area contributed by atoms with E-state index >= 15 is 0 Å². The van der Waals surface area contributed by atoms with Crippen molar-refractivity contribution in [2.24, 2.45) is 0 Å². The molecule has 0 bridgehead atoms. The molecule has 2 aromatic carbocycles. The molecule has 1 aliphatic heterocycles. The smallest absolute Gasteiger partial charge is 0.507 e. The molecular formula is C19H20BrF3N2O2. The van der Waals surface area contributed by atoms with E-state index in [9.17, 15) is 18.3 Å². The average molecular weight is 445 g/mol. The number of hydrogen-bond acceptors (Lipinski definition) is 4. The summed E-state index contributed by atoms with van der Waals surface area (Å²) in [6.07, 6.45) is -4.72. The minimum Gasteiger partial charge on any atom is -0.507 e. The topological polar surface area (TPSA) is 44.7 Å². The zero-order valence-corrected chi connectivity index (χ0v) is 16.3. The van der Waals surface area contributed by atoms with Gasteiger partial charge in [-0.05, 0) is 42.3 Å². The molecule has 0 unspecified atom stereocenters. The number of piperazine rings is 1. The molecule has 3 rings (SSSR count). The number of nitrogens with zero attached hydrogens (tertiary/aromatic N) is 1. The van der Waals surface area contributed by atoms with Crippen LogP contribution in [0.25, 0.3) is 0 Å². The third kappa shape index (κ3) is 4.94. The number of phenols is 1. The van der Waals surface area contributed by atoms with E-state index in [2.05, 4.69) is 30.9 Å². The Kier molecular flexibility index (Phi) is 5.98. The van der Waals surface area contributed by atoms with E-state index < -0.39 is 6.36 Å². The van der Waals surface area contributed by atoms with Gasteiger partial charge in [-0.15, -0.1) is 13.2 Å². The number of rotatable bonds is 4. The van der Waals surface area contributed by atoms with Crippen LogP contribution >= 0.6 is 15.9 Å². The Morgan fingerprint density at radius 1 is 1.15 bits per heavy atom. The van der Waals surface area contributed by atoms with Gasteiger partial charge in [-0.1, -0.05) is 28.1 Å². The number of benzene rings is 2. The maximum atomic E-state index is 12.4. The highest BCUT2D eigenvalue weighted by atomic mass is 79.9. The molecule has 1 aliphatic rings. The summed E-state index contributed by atoms with van der Waals surface area (Å²) in [6.45, 7) is 4.95. The number of halogens is 4. The van der Waals surface area contributed by atoms with E-state index in [1.54, 1.807) is 12.1 Å². The molecule has 0 radical (unpaired) electrons. The van der Waals surface area contributed by atoms with Gasteiger partial charge in [0, 0.05) is 36.2 Å². The maximum Gasteiger partial charge on any atom is 0.573 e. The molecule has 146 valence electrons. The lowest BCUT2D eigenvalue weighted by Gasteiger charge is -2.36. The van der Waals surface area contributed by atoms with Gasteiger partial charge < -0.3 is 15.2 Å². The first kappa shape index (κ1) is 20.0. The van der Waals surface area contributed by atoms with Crippen LogP contribution in [0.3, 0.4) is 0 Å². The quantitative estimate of drug-likeness (QED) is 0.735. The SMILES string of the molecule is Cc1cc(Br)cc([C@@H](c2ccc(OC(F)(F)F)cc2)N2CCNCC2)c1O. The van der Waals surface area contributed by atoms with Crippen LogP contribution in [0.2, 0.25) is 0 Å². The normalized spacial score (nSPS) is 16.9. The molecule has 0 aromatic heterocycles.